The van der Waals surface area contributed by atoms with Crippen LogP contribution >= 0.6 is 0 Å². The SMILES string of the molecule is C[SiH2]c1cccc2c1oc1cc(C)ccc12. The first-order valence-electron chi connectivity index (χ1n) is 5.70. The van der Waals surface area contributed by atoms with Crippen LogP contribution in [-0.2, 0) is 0 Å². The summed E-state index contributed by atoms with van der Waals surface area (Å²) in [5.74, 6) is 0. The van der Waals surface area contributed by atoms with Gasteiger partial charge in [0.25, 0.3) is 0 Å². The number of aryl methyl sites for hydroxylation is 1. The van der Waals surface area contributed by atoms with Crippen molar-refractivity contribution in [3.8, 4) is 0 Å². The number of benzene rings is 2. The molecule has 1 aromatic heterocycles. The summed E-state index contributed by atoms with van der Waals surface area (Å²) in [6.45, 7) is 4.40. The van der Waals surface area contributed by atoms with Gasteiger partial charge in [-0.1, -0.05) is 36.9 Å². The zero-order valence-corrected chi connectivity index (χ0v) is 11.0. The van der Waals surface area contributed by atoms with Crippen molar-refractivity contribution in [2.45, 2.75) is 13.5 Å². The van der Waals surface area contributed by atoms with E-state index in [1.165, 1.54) is 21.5 Å². The maximum absolute atomic E-state index is 5.99. The van der Waals surface area contributed by atoms with E-state index in [0.29, 0.717) is 0 Å². The maximum Gasteiger partial charge on any atom is 0.135 e. The van der Waals surface area contributed by atoms with Crippen LogP contribution in [0.25, 0.3) is 21.9 Å². The van der Waals surface area contributed by atoms with Gasteiger partial charge in [-0.25, -0.2) is 0 Å². The second-order valence-electron chi connectivity index (χ2n) is 4.25. The summed E-state index contributed by atoms with van der Waals surface area (Å²) in [6, 6.07) is 12.9. The Labute approximate surface area is 96.9 Å². The van der Waals surface area contributed by atoms with E-state index in [1.54, 1.807) is 0 Å². The van der Waals surface area contributed by atoms with Crippen LogP contribution in [-0.4, -0.2) is 9.52 Å². The average molecular weight is 226 g/mol. The lowest BCUT2D eigenvalue weighted by molar-refractivity contribution is 0.671. The molecule has 0 spiro atoms. The van der Waals surface area contributed by atoms with Gasteiger partial charge in [-0.05, 0) is 23.7 Å². The van der Waals surface area contributed by atoms with E-state index >= 15 is 0 Å². The van der Waals surface area contributed by atoms with Gasteiger partial charge >= 0.3 is 0 Å². The highest BCUT2D eigenvalue weighted by Gasteiger charge is 2.08. The van der Waals surface area contributed by atoms with Crippen LogP contribution in [0.3, 0.4) is 0 Å². The molecule has 3 rings (SSSR count). The highest BCUT2D eigenvalue weighted by atomic mass is 28.2. The van der Waals surface area contributed by atoms with Crippen LogP contribution in [0.1, 0.15) is 5.56 Å². The molecule has 16 heavy (non-hydrogen) atoms. The summed E-state index contributed by atoms with van der Waals surface area (Å²) >= 11 is 0. The van der Waals surface area contributed by atoms with Crippen LogP contribution in [0.15, 0.2) is 40.8 Å². The largest absolute Gasteiger partial charge is 0.456 e. The Bertz CT molecular complexity index is 667. The zero-order valence-electron chi connectivity index (χ0n) is 9.58. The molecule has 2 aromatic carbocycles. The second-order valence-corrected chi connectivity index (χ2v) is 5.72. The monoisotopic (exact) mass is 226 g/mol. The lowest BCUT2D eigenvalue weighted by atomic mass is 10.1. The van der Waals surface area contributed by atoms with E-state index in [1.807, 2.05) is 0 Å². The van der Waals surface area contributed by atoms with Crippen LogP contribution < -0.4 is 5.19 Å². The van der Waals surface area contributed by atoms with Gasteiger partial charge in [-0.3, -0.25) is 0 Å². The topological polar surface area (TPSA) is 13.1 Å². The predicted molar refractivity (Wildman–Crippen MR) is 72.5 cm³/mol. The van der Waals surface area contributed by atoms with Crippen molar-refractivity contribution in [2.75, 3.05) is 0 Å². The van der Waals surface area contributed by atoms with Gasteiger partial charge in [-0.15, -0.1) is 0 Å². The minimum absolute atomic E-state index is 0.180. The molecule has 80 valence electrons. The summed E-state index contributed by atoms with van der Waals surface area (Å²) in [5, 5.41) is 3.93. The molecule has 2 heteroatoms. The van der Waals surface area contributed by atoms with E-state index in [2.05, 4.69) is 49.9 Å². The zero-order chi connectivity index (χ0) is 11.1. The fourth-order valence-electron chi connectivity index (χ4n) is 2.24. The molecule has 0 aliphatic rings. The second kappa shape index (κ2) is 3.49. The Morgan fingerprint density at radius 3 is 2.75 bits per heavy atom. The highest BCUT2D eigenvalue weighted by Crippen LogP contribution is 2.27. The lowest BCUT2D eigenvalue weighted by Crippen LogP contribution is -2.09. The molecule has 0 aliphatic heterocycles. The summed E-state index contributed by atoms with van der Waals surface area (Å²) in [5.41, 5.74) is 3.38. The van der Waals surface area contributed by atoms with Crippen molar-refractivity contribution in [3.63, 3.8) is 0 Å². The summed E-state index contributed by atoms with van der Waals surface area (Å²) in [7, 11) is -0.180. The third-order valence-corrected chi connectivity index (χ3v) is 4.44. The third kappa shape index (κ3) is 1.30. The van der Waals surface area contributed by atoms with Gasteiger partial charge in [0, 0.05) is 10.8 Å². The van der Waals surface area contributed by atoms with E-state index in [0.717, 1.165) is 11.2 Å². The van der Waals surface area contributed by atoms with Crippen LogP contribution in [0.4, 0.5) is 0 Å². The molecule has 0 atom stereocenters. The summed E-state index contributed by atoms with van der Waals surface area (Å²) in [6.07, 6.45) is 0. The molecule has 1 nitrogen and oxygen atoms in total. The first kappa shape index (κ1) is 9.67. The maximum atomic E-state index is 5.99. The lowest BCUT2D eigenvalue weighted by Gasteiger charge is -1.95. The van der Waals surface area contributed by atoms with Crippen molar-refractivity contribution in [2.24, 2.45) is 0 Å². The molecule has 1 heterocycles. The average Bonchev–Trinajstić information content (AvgIpc) is 2.65. The summed E-state index contributed by atoms with van der Waals surface area (Å²) < 4.78 is 5.99. The molecule has 0 radical (unpaired) electrons. The Morgan fingerprint density at radius 2 is 1.94 bits per heavy atom. The van der Waals surface area contributed by atoms with Crippen LogP contribution in [0.5, 0.6) is 0 Å². The van der Waals surface area contributed by atoms with Crippen molar-refractivity contribution >= 4 is 36.6 Å². The van der Waals surface area contributed by atoms with Gasteiger partial charge in [0.15, 0.2) is 0 Å². The van der Waals surface area contributed by atoms with Crippen LogP contribution in [0.2, 0.25) is 6.55 Å². The molecule has 0 aliphatic carbocycles. The van der Waals surface area contributed by atoms with Gasteiger partial charge in [0.2, 0.25) is 0 Å². The van der Waals surface area contributed by atoms with Crippen molar-refractivity contribution < 1.29 is 4.42 Å². The minimum atomic E-state index is -0.180. The molecular weight excluding hydrogens is 212 g/mol. The Hall–Kier alpha value is -1.54. The van der Waals surface area contributed by atoms with Crippen LogP contribution in [0, 0.1) is 6.92 Å². The summed E-state index contributed by atoms with van der Waals surface area (Å²) in [4.78, 5) is 0. The molecule has 0 saturated heterocycles. The standard InChI is InChI=1S/C14H14OSi/c1-9-6-7-10-11-4-3-5-13(16-2)14(11)15-12(10)8-9/h3-8H,16H2,1-2H3. The minimum Gasteiger partial charge on any atom is -0.456 e. The molecule has 0 fully saturated rings. The van der Waals surface area contributed by atoms with Crippen molar-refractivity contribution in [1.29, 1.82) is 0 Å². The molecule has 0 bridgehead atoms. The van der Waals surface area contributed by atoms with Gasteiger partial charge in [0.05, 0.1) is 9.52 Å². The quantitative estimate of drug-likeness (QED) is 0.582. The van der Waals surface area contributed by atoms with E-state index in [-0.39, 0.29) is 9.52 Å². The number of para-hydroxylation sites is 1. The Morgan fingerprint density at radius 1 is 1.06 bits per heavy atom. The highest BCUT2D eigenvalue weighted by molar-refractivity contribution is 6.55. The number of hydrogen-bond donors (Lipinski definition) is 0. The normalized spacial score (nSPS) is 12.1. The molecule has 3 aromatic rings. The number of rotatable bonds is 1. The Kier molecular flexibility index (Phi) is 2.11. The first-order valence-corrected chi connectivity index (χ1v) is 7.82. The van der Waals surface area contributed by atoms with Gasteiger partial charge in [0.1, 0.15) is 11.2 Å². The first-order chi connectivity index (χ1) is 7.79. The van der Waals surface area contributed by atoms with Crippen molar-refractivity contribution in [1.82, 2.24) is 0 Å². The fraction of sp³-hybridized carbons (Fsp3) is 0.143. The number of furan rings is 1. The number of hydrogen-bond acceptors (Lipinski definition) is 1. The van der Waals surface area contributed by atoms with E-state index in [4.69, 9.17) is 4.42 Å². The van der Waals surface area contributed by atoms with E-state index in [9.17, 15) is 0 Å². The molecular formula is C14H14OSi. The molecule has 0 saturated carbocycles. The predicted octanol–water partition coefficient (Wildman–Crippen LogP) is 2.74. The molecule has 0 N–H and O–H groups in total. The van der Waals surface area contributed by atoms with Crippen molar-refractivity contribution in [3.05, 3.63) is 42.0 Å². The smallest absolute Gasteiger partial charge is 0.135 e. The third-order valence-electron chi connectivity index (χ3n) is 3.12. The van der Waals surface area contributed by atoms with Gasteiger partial charge in [-0.2, -0.15) is 0 Å². The molecule has 0 amide bonds. The fourth-order valence-corrected chi connectivity index (χ4v) is 3.20. The Balaban J connectivity index is 2.49. The van der Waals surface area contributed by atoms with E-state index < -0.39 is 0 Å². The van der Waals surface area contributed by atoms with Gasteiger partial charge < -0.3 is 4.42 Å². The molecule has 0 unspecified atom stereocenters. The number of fused-ring (bicyclic) bond motifs is 3.